The molecule has 0 radical (unpaired) electrons. The van der Waals surface area contributed by atoms with Crippen molar-refractivity contribution in [3.8, 4) is 0 Å². The Balaban J connectivity index is 1.80. The zero-order chi connectivity index (χ0) is 14.8. The summed E-state index contributed by atoms with van der Waals surface area (Å²) in [6, 6.07) is 9.85. The lowest BCUT2D eigenvalue weighted by Crippen LogP contribution is -2.14. The number of benzene rings is 1. The Hall–Kier alpha value is -3.15. The van der Waals surface area contributed by atoms with Gasteiger partial charge in [0.1, 0.15) is 5.65 Å². The summed E-state index contributed by atoms with van der Waals surface area (Å²) in [5, 5.41) is 3.67. The van der Waals surface area contributed by atoms with Crippen LogP contribution >= 0.6 is 0 Å². The number of aromatic amines is 1. The van der Waals surface area contributed by atoms with Gasteiger partial charge < -0.3 is 16.0 Å². The van der Waals surface area contributed by atoms with E-state index in [0.717, 1.165) is 11.0 Å². The van der Waals surface area contributed by atoms with Gasteiger partial charge in [-0.15, -0.1) is 0 Å². The number of hydrogen-bond acceptors (Lipinski definition) is 3. The Morgan fingerprint density at radius 1 is 1.10 bits per heavy atom. The summed E-state index contributed by atoms with van der Waals surface area (Å²) in [7, 11) is 0. The molecule has 2 aromatic heterocycles. The molecule has 0 atom stereocenters. The Morgan fingerprint density at radius 2 is 1.81 bits per heavy atom. The second-order valence-electron chi connectivity index (χ2n) is 4.54. The fraction of sp³-hybridized carbons (Fsp3) is 0. The lowest BCUT2D eigenvalue weighted by molar-refractivity contribution is 0.0995. The van der Waals surface area contributed by atoms with Crippen molar-refractivity contribution in [1.29, 1.82) is 0 Å². The first-order valence-electron chi connectivity index (χ1n) is 6.28. The van der Waals surface area contributed by atoms with E-state index in [0.29, 0.717) is 16.8 Å². The number of fused-ring (bicyclic) bond motifs is 1. The van der Waals surface area contributed by atoms with Gasteiger partial charge in [0.2, 0.25) is 5.91 Å². The third kappa shape index (κ3) is 2.59. The molecular weight excluding hydrogens is 268 g/mol. The zero-order valence-corrected chi connectivity index (χ0v) is 11.0. The first kappa shape index (κ1) is 12.9. The number of nitrogens with two attached hydrogens (primary N) is 1. The molecule has 0 aliphatic carbocycles. The SMILES string of the molecule is NC(=O)c1ccc(C(=O)Nc2cnc3[nH]ccc3c2)cc1. The first-order valence-corrected chi connectivity index (χ1v) is 6.28. The van der Waals surface area contributed by atoms with Gasteiger partial charge in [0.25, 0.3) is 5.91 Å². The van der Waals surface area contributed by atoms with Crippen molar-refractivity contribution < 1.29 is 9.59 Å². The molecule has 0 aliphatic rings. The predicted molar refractivity (Wildman–Crippen MR) is 79.0 cm³/mol. The smallest absolute Gasteiger partial charge is 0.255 e. The van der Waals surface area contributed by atoms with E-state index < -0.39 is 5.91 Å². The van der Waals surface area contributed by atoms with Crippen molar-refractivity contribution in [1.82, 2.24) is 9.97 Å². The van der Waals surface area contributed by atoms with E-state index in [1.807, 2.05) is 12.1 Å². The minimum atomic E-state index is -0.524. The van der Waals surface area contributed by atoms with E-state index >= 15 is 0 Å². The molecule has 2 heterocycles. The number of rotatable bonds is 3. The number of carbonyl (C=O) groups is 2. The van der Waals surface area contributed by atoms with Crippen LogP contribution in [0.2, 0.25) is 0 Å². The lowest BCUT2D eigenvalue weighted by Gasteiger charge is -2.05. The lowest BCUT2D eigenvalue weighted by atomic mass is 10.1. The van der Waals surface area contributed by atoms with Crippen molar-refractivity contribution in [2.45, 2.75) is 0 Å². The van der Waals surface area contributed by atoms with Crippen LogP contribution in [0.25, 0.3) is 11.0 Å². The minimum Gasteiger partial charge on any atom is -0.366 e. The molecule has 4 N–H and O–H groups in total. The monoisotopic (exact) mass is 280 g/mol. The molecule has 6 nitrogen and oxygen atoms in total. The Kier molecular flexibility index (Phi) is 3.12. The fourth-order valence-electron chi connectivity index (χ4n) is 2.00. The number of pyridine rings is 1. The molecule has 0 aliphatic heterocycles. The van der Waals surface area contributed by atoms with Crippen LogP contribution in [-0.2, 0) is 0 Å². The number of primary amides is 1. The number of anilines is 1. The predicted octanol–water partition coefficient (Wildman–Crippen LogP) is 1.91. The Bertz CT molecular complexity index is 821. The van der Waals surface area contributed by atoms with Gasteiger partial charge in [-0.1, -0.05) is 0 Å². The standard InChI is InChI=1S/C15H12N4O2/c16-13(20)9-1-3-10(4-2-9)15(21)19-12-7-11-5-6-17-14(11)18-8-12/h1-8H,(H2,16,20)(H,17,18)(H,19,21). The summed E-state index contributed by atoms with van der Waals surface area (Å²) in [4.78, 5) is 30.3. The molecule has 3 rings (SSSR count). The van der Waals surface area contributed by atoms with Crippen LogP contribution in [0.15, 0.2) is 48.8 Å². The van der Waals surface area contributed by atoms with Crippen molar-refractivity contribution in [2.24, 2.45) is 5.73 Å². The summed E-state index contributed by atoms with van der Waals surface area (Å²) >= 11 is 0. The number of H-pyrrole nitrogens is 1. The number of aromatic nitrogens is 2. The molecule has 6 heteroatoms. The van der Waals surface area contributed by atoms with Crippen LogP contribution in [0.5, 0.6) is 0 Å². The second kappa shape index (κ2) is 5.09. The van der Waals surface area contributed by atoms with Crippen LogP contribution in [0.3, 0.4) is 0 Å². The highest BCUT2D eigenvalue weighted by Gasteiger charge is 2.08. The number of nitrogens with zero attached hydrogens (tertiary/aromatic N) is 1. The van der Waals surface area contributed by atoms with Crippen molar-refractivity contribution >= 4 is 28.5 Å². The maximum absolute atomic E-state index is 12.1. The molecule has 0 unspecified atom stereocenters. The molecule has 0 saturated carbocycles. The second-order valence-corrected chi connectivity index (χ2v) is 4.54. The molecule has 21 heavy (non-hydrogen) atoms. The molecule has 0 fully saturated rings. The third-order valence-corrected chi connectivity index (χ3v) is 3.09. The Morgan fingerprint density at radius 3 is 2.52 bits per heavy atom. The summed E-state index contributed by atoms with van der Waals surface area (Å²) < 4.78 is 0. The normalized spacial score (nSPS) is 10.5. The summed E-state index contributed by atoms with van der Waals surface area (Å²) in [6.07, 6.45) is 3.36. The van der Waals surface area contributed by atoms with E-state index in [2.05, 4.69) is 15.3 Å². The quantitative estimate of drug-likeness (QED) is 0.683. The summed E-state index contributed by atoms with van der Waals surface area (Å²) in [6.45, 7) is 0. The molecular formula is C15H12N4O2. The van der Waals surface area contributed by atoms with E-state index in [1.165, 1.54) is 12.1 Å². The number of hydrogen-bond donors (Lipinski definition) is 3. The Labute approximate surface area is 120 Å². The van der Waals surface area contributed by atoms with Crippen molar-refractivity contribution in [3.05, 3.63) is 59.9 Å². The van der Waals surface area contributed by atoms with Crippen LogP contribution in [-0.4, -0.2) is 21.8 Å². The first-order chi connectivity index (χ1) is 10.1. The fourth-order valence-corrected chi connectivity index (χ4v) is 2.00. The number of amides is 2. The molecule has 104 valence electrons. The molecule has 0 bridgehead atoms. The highest BCUT2D eigenvalue weighted by molar-refractivity contribution is 6.05. The molecule has 3 aromatic rings. The van der Waals surface area contributed by atoms with E-state index in [9.17, 15) is 9.59 Å². The van der Waals surface area contributed by atoms with Crippen LogP contribution < -0.4 is 11.1 Å². The van der Waals surface area contributed by atoms with Gasteiger partial charge >= 0.3 is 0 Å². The zero-order valence-electron chi connectivity index (χ0n) is 11.0. The molecule has 0 saturated heterocycles. The van der Waals surface area contributed by atoms with Crippen LogP contribution in [0.1, 0.15) is 20.7 Å². The largest absolute Gasteiger partial charge is 0.366 e. The molecule has 2 amide bonds. The van der Waals surface area contributed by atoms with Crippen molar-refractivity contribution in [2.75, 3.05) is 5.32 Å². The summed E-state index contributed by atoms with van der Waals surface area (Å²) in [5.74, 6) is -0.799. The van der Waals surface area contributed by atoms with E-state index in [4.69, 9.17) is 5.73 Å². The summed E-state index contributed by atoms with van der Waals surface area (Å²) in [5.41, 5.74) is 7.32. The van der Waals surface area contributed by atoms with Crippen LogP contribution in [0, 0.1) is 0 Å². The van der Waals surface area contributed by atoms with E-state index in [1.54, 1.807) is 24.5 Å². The average molecular weight is 280 g/mol. The highest BCUT2D eigenvalue weighted by Crippen LogP contribution is 2.16. The number of carbonyl (C=O) groups excluding carboxylic acids is 2. The topological polar surface area (TPSA) is 101 Å². The maximum atomic E-state index is 12.1. The molecule has 0 spiro atoms. The van der Waals surface area contributed by atoms with Gasteiger partial charge in [0.05, 0.1) is 11.9 Å². The maximum Gasteiger partial charge on any atom is 0.255 e. The van der Waals surface area contributed by atoms with Gasteiger partial charge in [-0.2, -0.15) is 0 Å². The van der Waals surface area contributed by atoms with Gasteiger partial charge in [-0.05, 0) is 36.4 Å². The van der Waals surface area contributed by atoms with Gasteiger partial charge in [0, 0.05) is 22.7 Å². The van der Waals surface area contributed by atoms with Crippen LogP contribution in [0.4, 0.5) is 5.69 Å². The van der Waals surface area contributed by atoms with Crippen molar-refractivity contribution in [3.63, 3.8) is 0 Å². The highest BCUT2D eigenvalue weighted by atomic mass is 16.2. The van der Waals surface area contributed by atoms with E-state index in [-0.39, 0.29) is 5.91 Å². The number of nitrogens with one attached hydrogen (secondary N) is 2. The minimum absolute atomic E-state index is 0.275. The van der Waals surface area contributed by atoms with Gasteiger partial charge in [-0.25, -0.2) is 4.98 Å². The molecule has 1 aromatic carbocycles. The van der Waals surface area contributed by atoms with Gasteiger partial charge in [-0.3, -0.25) is 9.59 Å². The van der Waals surface area contributed by atoms with Gasteiger partial charge in [0.15, 0.2) is 0 Å². The third-order valence-electron chi connectivity index (χ3n) is 3.09. The average Bonchev–Trinajstić information content (AvgIpc) is 2.95.